The zero-order chi connectivity index (χ0) is 31.9. The molecule has 9 rings (SSSR count). The first-order chi connectivity index (χ1) is 23.8. The van der Waals surface area contributed by atoms with Crippen molar-refractivity contribution in [2.75, 3.05) is 4.90 Å². The van der Waals surface area contributed by atoms with Gasteiger partial charge in [-0.3, -0.25) is 0 Å². The van der Waals surface area contributed by atoms with E-state index in [1.165, 1.54) is 44.2 Å². The molecule has 226 valence electrons. The summed E-state index contributed by atoms with van der Waals surface area (Å²) in [4.78, 5) is 2.34. The zero-order valence-corrected chi connectivity index (χ0v) is 26.3. The van der Waals surface area contributed by atoms with Crippen LogP contribution in [-0.4, -0.2) is 0 Å². The zero-order valence-electron chi connectivity index (χ0n) is 26.3. The Morgan fingerprint density at radius 3 is 1.54 bits per heavy atom. The lowest BCUT2D eigenvalue weighted by Gasteiger charge is -2.26. The predicted molar refractivity (Wildman–Crippen MR) is 202 cm³/mol. The van der Waals surface area contributed by atoms with Crippen molar-refractivity contribution < 1.29 is 4.42 Å². The third kappa shape index (κ3) is 5.10. The molecule has 1 heterocycles. The van der Waals surface area contributed by atoms with E-state index in [-0.39, 0.29) is 0 Å². The van der Waals surface area contributed by atoms with Crippen molar-refractivity contribution in [2.24, 2.45) is 0 Å². The van der Waals surface area contributed by atoms with Gasteiger partial charge in [0.1, 0.15) is 11.2 Å². The summed E-state index contributed by atoms with van der Waals surface area (Å²) in [7, 11) is 0. The predicted octanol–water partition coefficient (Wildman–Crippen LogP) is 13.2. The van der Waals surface area contributed by atoms with Gasteiger partial charge in [0.25, 0.3) is 0 Å². The van der Waals surface area contributed by atoms with Gasteiger partial charge in [-0.15, -0.1) is 0 Å². The summed E-state index contributed by atoms with van der Waals surface area (Å²) in [5.41, 5.74) is 12.3. The minimum atomic E-state index is 0.923. The largest absolute Gasteiger partial charge is 0.456 e. The fourth-order valence-corrected chi connectivity index (χ4v) is 6.79. The van der Waals surface area contributed by atoms with Gasteiger partial charge >= 0.3 is 0 Å². The first-order valence-corrected chi connectivity index (χ1v) is 16.3. The van der Waals surface area contributed by atoms with Crippen LogP contribution in [0.15, 0.2) is 192 Å². The lowest BCUT2D eigenvalue weighted by atomic mass is 9.99. The van der Waals surface area contributed by atoms with E-state index < -0.39 is 0 Å². The Hall–Kier alpha value is -6.38. The van der Waals surface area contributed by atoms with Crippen LogP contribution in [0.25, 0.3) is 66.1 Å². The lowest BCUT2D eigenvalue weighted by Crippen LogP contribution is -2.10. The Balaban J connectivity index is 1.11. The fraction of sp³-hybridized carbons (Fsp3) is 0. The summed E-state index contributed by atoms with van der Waals surface area (Å²) in [6.45, 7) is 0. The molecule has 0 unspecified atom stereocenters. The number of fused-ring (bicyclic) bond motifs is 4. The Morgan fingerprint density at radius 1 is 0.292 bits per heavy atom. The van der Waals surface area contributed by atoms with Gasteiger partial charge in [0.2, 0.25) is 0 Å². The highest BCUT2D eigenvalue weighted by atomic mass is 16.3. The van der Waals surface area contributed by atoms with Crippen molar-refractivity contribution in [3.8, 4) is 33.4 Å². The Labute approximate surface area is 279 Å². The number of para-hydroxylation sites is 1. The highest BCUT2D eigenvalue weighted by molar-refractivity contribution is 6.10. The Bertz CT molecular complexity index is 2530. The second-order valence-electron chi connectivity index (χ2n) is 12.2. The number of furan rings is 1. The first-order valence-electron chi connectivity index (χ1n) is 16.3. The van der Waals surface area contributed by atoms with Gasteiger partial charge in [0.05, 0.1) is 0 Å². The summed E-state index contributed by atoms with van der Waals surface area (Å²) in [5, 5.41) is 4.67. The van der Waals surface area contributed by atoms with Crippen molar-refractivity contribution in [2.45, 2.75) is 0 Å². The van der Waals surface area contributed by atoms with E-state index in [2.05, 4.69) is 181 Å². The molecule has 0 spiro atoms. The molecular weight excluding hydrogens is 583 g/mol. The van der Waals surface area contributed by atoms with Crippen LogP contribution in [0, 0.1) is 0 Å². The maximum Gasteiger partial charge on any atom is 0.136 e. The van der Waals surface area contributed by atoms with Crippen molar-refractivity contribution in [1.82, 2.24) is 0 Å². The van der Waals surface area contributed by atoms with Crippen LogP contribution in [0.2, 0.25) is 0 Å². The maximum atomic E-state index is 6.14. The van der Waals surface area contributed by atoms with E-state index in [4.69, 9.17) is 4.42 Å². The average molecular weight is 614 g/mol. The van der Waals surface area contributed by atoms with E-state index >= 15 is 0 Å². The molecule has 0 aliphatic carbocycles. The molecule has 0 fully saturated rings. The standard InChI is InChI=1S/C46H31NO/c1-3-10-32(11-4-1)34-20-24-40(25-21-34)47(42-15-9-14-36(29-42)33-12-5-2-6-13-33)41-26-22-35(23-27-41)37-18-19-38-31-46-44(30-39(38)28-37)43-16-7-8-17-45(43)48-46/h1-31H. The highest BCUT2D eigenvalue weighted by Gasteiger charge is 2.15. The van der Waals surface area contributed by atoms with Gasteiger partial charge in [-0.05, 0) is 105 Å². The molecule has 2 heteroatoms. The molecule has 0 aliphatic heterocycles. The van der Waals surface area contributed by atoms with Crippen LogP contribution in [0.4, 0.5) is 17.1 Å². The highest BCUT2D eigenvalue weighted by Crippen LogP contribution is 2.39. The van der Waals surface area contributed by atoms with Crippen LogP contribution in [-0.2, 0) is 0 Å². The molecular formula is C46H31NO. The van der Waals surface area contributed by atoms with Gasteiger partial charge in [-0.25, -0.2) is 0 Å². The summed E-state index contributed by atoms with van der Waals surface area (Å²) >= 11 is 0. The van der Waals surface area contributed by atoms with Gasteiger partial charge in [0.15, 0.2) is 0 Å². The van der Waals surface area contributed by atoms with Gasteiger partial charge in [0, 0.05) is 27.8 Å². The second kappa shape index (κ2) is 11.8. The maximum absolute atomic E-state index is 6.14. The lowest BCUT2D eigenvalue weighted by molar-refractivity contribution is 0.669. The van der Waals surface area contributed by atoms with Gasteiger partial charge in [-0.2, -0.15) is 0 Å². The normalized spacial score (nSPS) is 11.3. The van der Waals surface area contributed by atoms with E-state index in [9.17, 15) is 0 Å². The molecule has 8 aromatic carbocycles. The van der Waals surface area contributed by atoms with Crippen LogP contribution in [0.1, 0.15) is 0 Å². The summed E-state index contributed by atoms with van der Waals surface area (Å²) in [6, 6.07) is 67.0. The van der Waals surface area contributed by atoms with Crippen LogP contribution < -0.4 is 4.90 Å². The number of benzene rings is 8. The number of nitrogens with zero attached hydrogens (tertiary/aromatic N) is 1. The molecule has 0 bridgehead atoms. The SMILES string of the molecule is c1ccc(-c2ccc(N(c3ccc(-c4ccc5cc6oc7ccccc7c6cc5c4)cc3)c3cccc(-c4ccccc4)c3)cc2)cc1. The van der Waals surface area contributed by atoms with E-state index in [1.807, 2.05) is 12.1 Å². The number of hydrogen-bond acceptors (Lipinski definition) is 2. The molecule has 0 amide bonds. The second-order valence-corrected chi connectivity index (χ2v) is 12.2. The first kappa shape index (κ1) is 27.9. The summed E-state index contributed by atoms with van der Waals surface area (Å²) in [6.07, 6.45) is 0. The minimum Gasteiger partial charge on any atom is -0.456 e. The number of anilines is 3. The van der Waals surface area contributed by atoms with E-state index in [0.29, 0.717) is 0 Å². The Morgan fingerprint density at radius 2 is 0.833 bits per heavy atom. The van der Waals surface area contributed by atoms with Crippen LogP contribution in [0.5, 0.6) is 0 Å². The van der Waals surface area contributed by atoms with Crippen LogP contribution >= 0.6 is 0 Å². The molecule has 0 aliphatic rings. The van der Waals surface area contributed by atoms with Crippen molar-refractivity contribution in [3.63, 3.8) is 0 Å². The van der Waals surface area contributed by atoms with E-state index in [1.54, 1.807) is 0 Å². The Kier molecular flexibility index (Phi) is 6.84. The van der Waals surface area contributed by atoms with Crippen molar-refractivity contribution >= 4 is 49.8 Å². The molecule has 0 radical (unpaired) electrons. The third-order valence-corrected chi connectivity index (χ3v) is 9.24. The summed E-state index contributed by atoms with van der Waals surface area (Å²) < 4.78 is 6.14. The molecule has 9 aromatic rings. The topological polar surface area (TPSA) is 16.4 Å². The molecule has 0 saturated carbocycles. The number of rotatable bonds is 6. The third-order valence-electron chi connectivity index (χ3n) is 9.24. The van der Waals surface area contributed by atoms with Crippen LogP contribution in [0.3, 0.4) is 0 Å². The molecule has 0 saturated heterocycles. The smallest absolute Gasteiger partial charge is 0.136 e. The molecule has 48 heavy (non-hydrogen) atoms. The average Bonchev–Trinajstić information content (AvgIpc) is 3.52. The van der Waals surface area contributed by atoms with Gasteiger partial charge in [-0.1, -0.05) is 127 Å². The monoisotopic (exact) mass is 613 g/mol. The fourth-order valence-electron chi connectivity index (χ4n) is 6.79. The quantitative estimate of drug-likeness (QED) is 0.185. The van der Waals surface area contributed by atoms with E-state index in [0.717, 1.165) is 39.0 Å². The minimum absolute atomic E-state index is 0.923. The molecule has 0 atom stereocenters. The number of hydrogen-bond donors (Lipinski definition) is 0. The molecule has 2 nitrogen and oxygen atoms in total. The van der Waals surface area contributed by atoms with Gasteiger partial charge < -0.3 is 9.32 Å². The van der Waals surface area contributed by atoms with Crippen molar-refractivity contribution in [3.05, 3.63) is 188 Å². The molecule has 0 N–H and O–H groups in total. The summed E-state index contributed by atoms with van der Waals surface area (Å²) in [5.74, 6) is 0. The molecule has 1 aromatic heterocycles. The van der Waals surface area contributed by atoms with Crippen molar-refractivity contribution in [1.29, 1.82) is 0 Å².